The maximum Gasteiger partial charge on any atom is 0.359 e. The summed E-state index contributed by atoms with van der Waals surface area (Å²) in [5, 5.41) is 6.63. The highest BCUT2D eigenvalue weighted by atomic mass is 32.1. The number of aryl methyl sites for hydroxylation is 1. The van der Waals surface area contributed by atoms with Crippen molar-refractivity contribution in [2.45, 2.75) is 39.8 Å². The molecule has 0 bridgehead atoms. The fourth-order valence-corrected chi connectivity index (χ4v) is 3.01. The molecule has 0 fully saturated rings. The largest absolute Gasteiger partial charge is 0.452 e. The van der Waals surface area contributed by atoms with Gasteiger partial charge in [-0.3, -0.25) is 14.4 Å². The average molecular weight is 391 g/mol. The number of carbonyl (C=O) groups excluding carboxylic acids is 3. The molecule has 0 unspecified atom stereocenters. The smallest absolute Gasteiger partial charge is 0.359 e. The summed E-state index contributed by atoms with van der Waals surface area (Å²) >= 11 is 1.23. The number of nitrogens with zero attached hydrogens (tertiary/aromatic N) is 2. The SMILES string of the molecule is CCCCn1nc(C(=O)OCC(=O)c2ccc(CNC(C)=O)s2)ccc1=O. The van der Waals surface area contributed by atoms with Crippen LogP contribution in [0.5, 0.6) is 0 Å². The fourth-order valence-electron chi connectivity index (χ4n) is 2.14. The number of thiophene rings is 1. The maximum absolute atomic E-state index is 12.2. The van der Waals surface area contributed by atoms with E-state index in [4.69, 9.17) is 4.74 Å². The molecule has 0 aliphatic rings. The highest BCUT2D eigenvalue weighted by molar-refractivity contribution is 7.14. The molecule has 0 aliphatic carbocycles. The van der Waals surface area contributed by atoms with Crippen molar-refractivity contribution in [1.82, 2.24) is 15.1 Å². The summed E-state index contributed by atoms with van der Waals surface area (Å²) in [4.78, 5) is 48.2. The number of ketones is 1. The molecule has 8 nitrogen and oxygen atoms in total. The van der Waals surface area contributed by atoms with Crippen molar-refractivity contribution in [3.8, 4) is 0 Å². The van der Waals surface area contributed by atoms with Crippen molar-refractivity contribution in [2.24, 2.45) is 0 Å². The molecule has 1 N–H and O–H groups in total. The van der Waals surface area contributed by atoms with Crippen LogP contribution in [0.15, 0.2) is 29.1 Å². The lowest BCUT2D eigenvalue weighted by molar-refractivity contribution is -0.119. The van der Waals surface area contributed by atoms with E-state index in [-0.39, 0.29) is 22.9 Å². The van der Waals surface area contributed by atoms with Gasteiger partial charge in [0.05, 0.1) is 11.4 Å². The van der Waals surface area contributed by atoms with Crippen molar-refractivity contribution in [3.63, 3.8) is 0 Å². The van der Waals surface area contributed by atoms with Crippen molar-refractivity contribution >= 4 is 29.0 Å². The van der Waals surface area contributed by atoms with Gasteiger partial charge >= 0.3 is 5.97 Å². The molecule has 9 heteroatoms. The van der Waals surface area contributed by atoms with E-state index in [0.29, 0.717) is 18.0 Å². The zero-order valence-electron chi connectivity index (χ0n) is 15.2. The summed E-state index contributed by atoms with van der Waals surface area (Å²) in [6.45, 7) is 3.74. The number of rotatable bonds is 9. The topological polar surface area (TPSA) is 107 Å². The Morgan fingerprint density at radius 1 is 1.22 bits per heavy atom. The van der Waals surface area contributed by atoms with Gasteiger partial charge in [-0.05, 0) is 24.6 Å². The Hall–Kier alpha value is -2.81. The van der Waals surface area contributed by atoms with E-state index in [1.54, 1.807) is 12.1 Å². The third-order valence-corrected chi connectivity index (χ3v) is 4.71. The van der Waals surface area contributed by atoms with Crippen molar-refractivity contribution in [1.29, 1.82) is 0 Å². The lowest BCUT2D eigenvalue weighted by Crippen LogP contribution is -2.25. The fraction of sp³-hybridized carbons (Fsp3) is 0.389. The van der Waals surface area contributed by atoms with Crippen molar-refractivity contribution in [2.75, 3.05) is 6.61 Å². The van der Waals surface area contributed by atoms with Gasteiger partial charge in [0.25, 0.3) is 5.56 Å². The van der Waals surface area contributed by atoms with Crippen LogP contribution in [0.1, 0.15) is 51.7 Å². The zero-order chi connectivity index (χ0) is 19.8. The average Bonchev–Trinajstić information content (AvgIpc) is 3.12. The second-order valence-corrected chi connectivity index (χ2v) is 6.98. The number of hydrogen-bond donors (Lipinski definition) is 1. The summed E-state index contributed by atoms with van der Waals surface area (Å²) in [7, 11) is 0. The van der Waals surface area contributed by atoms with Crippen LogP contribution in [-0.4, -0.2) is 34.0 Å². The molecule has 2 aromatic heterocycles. The van der Waals surface area contributed by atoms with Crippen LogP contribution < -0.4 is 10.9 Å². The van der Waals surface area contributed by atoms with Gasteiger partial charge in [-0.2, -0.15) is 5.10 Å². The van der Waals surface area contributed by atoms with E-state index >= 15 is 0 Å². The first-order valence-corrected chi connectivity index (χ1v) is 9.34. The van der Waals surface area contributed by atoms with Crippen LogP contribution in [-0.2, 0) is 22.6 Å². The Morgan fingerprint density at radius 3 is 2.70 bits per heavy atom. The molecule has 2 rings (SSSR count). The summed E-state index contributed by atoms with van der Waals surface area (Å²) in [6, 6.07) is 5.91. The Labute approximate surface area is 160 Å². The molecule has 0 aliphatic heterocycles. The summed E-state index contributed by atoms with van der Waals surface area (Å²) in [5.74, 6) is -1.26. The molecule has 144 valence electrons. The van der Waals surface area contributed by atoms with E-state index in [2.05, 4.69) is 10.4 Å². The maximum atomic E-state index is 12.2. The molecule has 0 spiro atoms. The molecular formula is C18H21N3O5S. The van der Waals surface area contributed by atoms with Gasteiger partial charge in [0.1, 0.15) is 0 Å². The van der Waals surface area contributed by atoms with Crippen LogP contribution in [0.3, 0.4) is 0 Å². The number of hydrogen-bond acceptors (Lipinski definition) is 7. The van der Waals surface area contributed by atoms with Crippen LogP contribution in [0, 0.1) is 0 Å². The standard InChI is InChI=1S/C18H21N3O5S/c1-3-4-9-21-17(24)8-6-14(20-21)18(25)26-11-15(23)16-7-5-13(27-16)10-19-12(2)22/h5-8H,3-4,9-11H2,1-2H3,(H,19,22). The third-order valence-electron chi connectivity index (χ3n) is 3.58. The Balaban J connectivity index is 1.94. The van der Waals surface area contributed by atoms with Crippen molar-refractivity contribution in [3.05, 3.63) is 50.1 Å². The van der Waals surface area contributed by atoms with Crippen LogP contribution in [0.25, 0.3) is 0 Å². The molecule has 2 aromatic rings. The molecule has 27 heavy (non-hydrogen) atoms. The number of amides is 1. The number of nitrogens with one attached hydrogen (secondary N) is 1. The molecule has 0 saturated carbocycles. The quantitative estimate of drug-likeness (QED) is 0.516. The minimum Gasteiger partial charge on any atom is -0.452 e. The molecule has 0 radical (unpaired) electrons. The van der Waals surface area contributed by atoms with E-state index in [9.17, 15) is 19.2 Å². The Kier molecular flexibility index (Phi) is 7.42. The molecule has 0 saturated heterocycles. The molecule has 0 aromatic carbocycles. The van der Waals surface area contributed by atoms with Gasteiger partial charge < -0.3 is 10.1 Å². The predicted molar refractivity (Wildman–Crippen MR) is 99.9 cm³/mol. The van der Waals surface area contributed by atoms with Crippen LogP contribution in [0.4, 0.5) is 0 Å². The van der Waals surface area contributed by atoms with E-state index in [1.807, 2.05) is 6.92 Å². The van der Waals surface area contributed by atoms with Crippen LogP contribution in [0.2, 0.25) is 0 Å². The number of Topliss-reactive ketones (excluding diaryl/α,β-unsaturated/α-hetero) is 1. The minimum absolute atomic E-state index is 0.0176. The first-order valence-electron chi connectivity index (χ1n) is 8.52. The van der Waals surface area contributed by atoms with Gasteiger partial charge in [0, 0.05) is 24.4 Å². The van der Waals surface area contributed by atoms with Gasteiger partial charge in [0.15, 0.2) is 12.3 Å². The van der Waals surface area contributed by atoms with Crippen molar-refractivity contribution < 1.29 is 19.1 Å². The monoisotopic (exact) mass is 391 g/mol. The minimum atomic E-state index is -0.761. The molecule has 1 amide bonds. The zero-order valence-corrected chi connectivity index (χ0v) is 16.0. The van der Waals surface area contributed by atoms with E-state index in [1.165, 1.54) is 35.1 Å². The second-order valence-electron chi connectivity index (χ2n) is 5.81. The highest BCUT2D eigenvalue weighted by Gasteiger charge is 2.16. The van der Waals surface area contributed by atoms with Crippen LogP contribution >= 0.6 is 11.3 Å². The van der Waals surface area contributed by atoms with E-state index < -0.39 is 12.6 Å². The first kappa shape index (κ1) is 20.5. The lowest BCUT2D eigenvalue weighted by atomic mass is 10.3. The number of ether oxygens (including phenoxy) is 1. The Morgan fingerprint density at radius 2 is 2.00 bits per heavy atom. The number of esters is 1. The van der Waals surface area contributed by atoms with Gasteiger partial charge in [-0.15, -0.1) is 11.3 Å². The summed E-state index contributed by atoms with van der Waals surface area (Å²) in [5.41, 5.74) is -0.308. The van der Waals surface area contributed by atoms with Gasteiger partial charge in [-0.1, -0.05) is 13.3 Å². The second kappa shape index (κ2) is 9.77. The summed E-state index contributed by atoms with van der Waals surface area (Å²) < 4.78 is 6.24. The molecule has 0 atom stereocenters. The lowest BCUT2D eigenvalue weighted by Gasteiger charge is -2.06. The highest BCUT2D eigenvalue weighted by Crippen LogP contribution is 2.17. The molecular weight excluding hydrogens is 370 g/mol. The van der Waals surface area contributed by atoms with Gasteiger partial charge in [0.2, 0.25) is 11.7 Å². The first-order chi connectivity index (χ1) is 12.9. The Bertz CT molecular complexity index is 887. The number of aromatic nitrogens is 2. The number of unbranched alkanes of at least 4 members (excludes halogenated alkanes) is 1. The normalized spacial score (nSPS) is 10.4. The number of carbonyl (C=O) groups is 3. The molecule has 2 heterocycles. The third kappa shape index (κ3) is 6.14. The predicted octanol–water partition coefficient (Wildman–Crippen LogP) is 1.78. The van der Waals surface area contributed by atoms with Gasteiger partial charge in [-0.25, -0.2) is 9.48 Å². The van der Waals surface area contributed by atoms with E-state index in [0.717, 1.165) is 17.7 Å². The summed E-state index contributed by atoms with van der Waals surface area (Å²) in [6.07, 6.45) is 1.66.